The zero-order chi connectivity index (χ0) is 24.2. The molecule has 3 aromatic carbocycles. The number of nitrogens with one attached hydrogen (secondary N) is 2. The molecule has 1 saturated heterocycles. The number of rotatable bonds is 5. The van der Waals surface area contributed by atoms with Crippen molar-refractivity contribution in [2.45, 2.75) is 38.6 Å². The number of halogens is 1. The first-order valence-electron chi connectivity index (χ1n) is 11.4. The van der Waals surface area contributed by atoms with Crippen LogP contribution in [0.25, 0.3) is 11.1 Å². The number of hydrogen-bond acceptors (Lipinski definition) is 3. The molecule has 1 aliphatic heterocycles. The highest BCUT2D eigenvalue weighted by Crippen LogP contribution is 2.27. The van der Waals surface area contributed by atoms with E-state index in [2.05, 4.69) is 24.5 Å². The number of carbonyl (C=O) groups is 2. The Bertz CT molecular complexity index is 1180. The average molecular weight is 462 g/mol. The molecule has 3 aromatic rings. The molecule has 0 aromatic heterocycles. The van der Waals surface area contributed by atoms with E-state index in [1.54, 1.807) is 29.2 Å². The normalized spacial score (nSPS) is 15.4. The second-order valence-electron chi connectivity index (χ2n) is 8.79. The number of phenolic OH excluding ortho intramolecular Hbond substituents is 1. The Labute approximate surface area is 198 Å². The number of nitrogens with zero attached hydrogens (tertiary/aromatic N) is 1. The van der Waals surface area contributed by atoms with E-state index >= 15 is 0 Å². The molecule has 1 aliphatic rings. The minimum absolute atomic E-state index is 0.136. The Morgan fingerprint density at radius 3 is 2.26 bits per heavy atom. The van der Waals surface area contributed by atoms with Gasteiger partial charge in [0, 0.05) is 29.5 Å². The lowest BCUT2D eigenvalue weighted by Gasteiger charge is -2.24. The fraction of sp³-hybridized carbons (Fsp3) is 0.259. The van der Waals surface area contributed by atoms with E-state index in [0.29, 0.717) is 41.4 Å². The summed E-state index contributed by atoms with van der Waals surface area (Å²) in [7, 11) is 0. The number of carbonyl (C=O) groups excluding carboxylic acids is 2. The van der Waals surface area contributed by atoms with E-state index in [1.165, 1.54) is 17.7 Å². The SMILES string of the molecule is CC(C)c1ccc(NC(=O)N2CCC[C@@H]2C(=O)Nc2ccc(-c3ccc(O)cc3F)cc2)cc1. The molecule has 3 amide bonds. The number of likely N-dealkylation sites (tertiary alicyclic amines) is 1. The van der Waals surface area contributed by atoms with Crippen molar-refractivity contribution in [2.24, 2.45) is 0 Å². The minimum atomic E-state index is -0.566. The summed E-state index contributed by atoms with van der Waals surface area (Å²) in [6.45, 7) is 4.73. The van der Waals surface area contributed by atoms with E-state index in [1.807, 2.05) is 24.3 Å². The van der Waals surface area contributed by atoms with Gasteiger partial charge in [-0.3, -0.25) is 4.79 Å². The summed E-state index contributed by atoms with van der Waals surface area (Å²) in [4.78, 5) is 27.3. The molecule has 0 saturated carbocycles. The number of anilines is 2. The van der Waals surface area contributed by atoms with Gasteiger partial charge in [-0.2, -0.15) is 0 Å². The monoisotopic (exact) mass is 461 g/mol. The van der Waals surface area contributed by atoms with E-state index in [9.17, 15) is 19.1 Å². The van der Waals surface area contributed by atoms with Crippen LogP contribution in [-0.2, 0) is 4.79 Å². The molecule has 1 fully saturated rings. The quantitative estimate of drug-likeness (QED) is 0.439. The van der Waals surface area contributed by atoms with Gasteiger partial charge in [0.15, 0.2) is 0 Å². The summed E-state index contributed by atoms with van der Waals surface area (Å²) < 4.78 is 14.1. The van der Waals surface area contributed by atoms with Gasteiger partial charge in [0.2, 0.25) is 5.91 Å². The van der Waals surface area contributed by atoms with Crippen molar-refractivity contribution in [1.82, 2.24) is 4.90 Å². The molecule has 1 atom stereocenters. The molecule has 0 spiro atoms. The largest absolute Gasteiger partial charge is 0.508 e. The molecule has 0 radical (unpaired) electrons. The van der Waals surface area contributed by atoms with Crippen LogP contribution < -0.4 is 10.6 Å². The minimum Gasteiger partial charge on any atom is -0.508 e. The Balaban J connectivity index is 1.39. The van der Waals surface area contributed by atoms with Crippen molar-refractivity contribution in [3.63, 3.8) is 0 Å². The number of hydrogen-bond donors (Lipinski definition) is 3. The van der Waals surface area contributed by atoms with E-state index < -0.39 is 11.9 Å². The number of aromatic hydroxyl groups is 1. The Hall–Kier alpha value is -3.87. The number of benzene rings is 3. The molecular weight excluding hydrogens is 433 g/mol. The molecule has 1 heterocycles. The van der Waals surface area contributed by atoms with Crippen LogP contribution in [0.1, 0.15) is 38.2 Å². The smallest absolute Gasteiger partial charge is 0.322 e. The molecule has 3 N–H and O–H groups in total. The fourth-order valence-corrected chi connectivity index (χ4v) is 4.13. The number of amides is 3. The molecule has 0 unspecified atom stereocenters. The van der Waals surface area contributed by atoms with Crippen LogP contribution in [0.15, 0.2) is 66.7 Å². The third kappa shape index (κ3) is 5.20. The van der Waals surface area contributed by atoms with Crippen LogP contribution in [-0.4, -0.2) is 34.5 Å². The molecular formula is C27H28FN3O3. The van der Waals surface area contributed by atoms with Gasteiger partial charge in [0.05, 0.1) is 0 Å². The average Bonchev–Trinajstić information content (AvgIpc) is 3.31. The molecule has 0 aliphatic carbocycles. The standard InChI is InChI=1S/C27H28FN3O3/c1-17(2)18-5-9-21(10-6-18)30-27(34)31-15-3-4-25(31)26(33)29-20-11-7-19(8-12-20)23-14-13-22(32)16-24(23)28/h5-14,16-17,25,32H,3-4,15H2,1-2H3,(H,29,33)(H,30,34)/t25-/m1/s1. The molecule has 176 valence electrons. The highest BCUT2D eigenvalue weighted by atomic mass is 19.1. The lowest BCUT2D eigenvalue weighted by atomic mass is 10.0. The van der Waals surface area contributed by atoms with Gasteiger partial charge in [-0.15, -0.1) is 0 Å². The topological polar surface area (TPSA) is 81.7 Å². The molecule has 34 heavy (non-hydrogen) atoms. The predicted molar refractivity (Wildman–Crippen MR) is 131 cm³/mol. The van der Waals surface area contributed by atoms with Crippen molar-refractivity contribution in [2.75, 3.05) is 17.2 Å². The molecule has 4 rings (SSSR count). The summed E-state index contributed by atoms with van der Waals surface area (Å²) in [6.07, 6.45) is 1.33. The first-order valence-corrected chi connectivity index (χ1v) is 11.4. The van der Waals surface area contributed by atoms with Crippen molar-refractivity contribution >= 4 is 23.3 Å². The molecule has 6 nitrogen and oxygen atoms in total. The van der Waals surface area contributed by atoms with E-state index in [-0.39, 0.29) is 17.7 Å². The zero-order valence-corrected chi connectivity index (χ0v) is 19.2. The summed E-state index contributed by atoms with van der Waals surface area (Å²) in [5.41, 5.74) is 3.43. The third-order valence-electron chi connectivity index (χ3n) is 6.06. The van der Waals surface area contributed by atoms with Gasteiger partial charge in [0.1, 0.15) is 17.6 Å². The summed E-state index contributed by atoms with van der Waals surface area (Å²) in [6, 6.07) is 17.6. The first-order chi connectivity index (χ1) is 16.3. The van der Waals surface area contributed by atoms with Gasteiger partial charge in [-0.1, -0.05) is 38.1 Å². The van der Waals surface area contributed by atoms with Crippen molar-refractivity contribution in [3.8, 4) is 16.9 Å². The Morgan fingerprint density at radius 2 is 1.62 bits per heavy atom. The summed E-state index contributed by atoms with van der Waals surface area (Å²) >= 11 is 0. The van der Waals surface area contributed by atoms with E-state index in [4.69, 9.17) is 0 Å². The molecule has 7 heteroatoms. The third-order valence-corrected chi connectivity index (χ3v) is 6.06. The van der Waals surface area contributed by atoms with E-state index in [0.717, 1.165) is 12.5 Å². The lowest BCUT2D eigenvalue weighted by Crippen LogP contribution is -2.45. The summed E-state index contributed by atoms with van der Waals surface area (Å²) in [5.74, 6) is -0.511. The van der Waals surface area contributed by atoms with Crippen LogP contribution in [0.4, 0.5) is 20.6 Å². The first kappa shape index (κ1) is 23.3. The van der Waals surface area contributed by atoms with Crippen LogP contribution in [0.3, 0.4) is 0 Å². The van der Waals surface area contributed by atoms with Gasteiger partial charge in [0.25, 0.3) is 0 Å². The maximum atomic E-state index is 14.1. The second kappa shape index (κ2) is 9.95. The van der Waals surface area contributed by atoms with Gasteiger partial charge >= 0.3 is 6.03 Å². The predicted octanol–water partition coefficient (Wildman–Crippen LogP) is 5.96. The second-order valence-corrected chi connectivity index (χ2v) is 8.79. The van der Waals surface area contributed by atoms with Crippen LogP contribution in [0.2, 0.25) is 0 Å². The maximum Gasteiger partial charge on any atom is 0.322 e. The Kier molecular flexibility index (Phi) is 6.82. The highest BCUT2D eigenvalue weighted by molar-refractivity contribution is 5.99. The highest BCUT2D eigenvalue weighted by Gasteiger charge is 2.34. The Morgan fingerprint density at radius 1 is 0.971 bits per heavy atom. The van der Waals surface area contributed by atoms with Gasteiger partial charge in [-0.05, 0) is 66.3 Å². The molecule has 0 bridgehead atoms. The van der Waals surface area contributed by atoms with Gasteiger partial charge < -0.3 is 20.6 Å². The fourth-order valence-electron chi connectivity index (χ4n) is 4.13. The van der Waals surface area contributed by atoms with Crippen LogP contribution in [0, 0.1) is 5.82 Å². The lowest BCUT2D eigenvalue weighted by molar-refractivity contribution is -0.119. The number of phenols is 1. The van der Waals surface area contributed by atoms with Crippen LogP contribution >= 0.6 is 0 Å². The van der Waals surface area contributed by atoms with Crippen molar-refractivity contribution in [1.29, 1.82) is 0 Å². The van der Waals surface area contributed by atoms with Crippen LogP contribution in [0.5, 0.6) is 5.75 Å². The number of urea groups is 1. The zero-order valence-electron chi connectivity index (χ0n) is 19.2. The van der Waals surface area contributed by atoms with Crippen molar-refractivity contribution < 1.29 is 19.1 Å². The van der Waals surface area contributed by atoms with Gasteiger partial charge in [-0.25, -0.2) is 9.18 Å². The van der Waals surface area contributed by atoms with Crippen molar-refractivity contribution in [3.05, 3.63) is 78.1 Å². The maximum absolute atomic E-state index is 14.1. The summed E-state index contributed by atoms with van der Waals surface area (Å²) in [5, 5.41) is 15.1.